The third kappa shape index (κ3) is 3.43. The van der Waals surface area contributed by atoms with E-state index in [0.29, 0.717) is 44.0 Å². The van der Waals surface area contributed by atoms with Crippen LogP contribution in [0.2, 0.25) is 0 Å². The fraction of sp³-hybridized carbons (Fsp3) is 0.500. The van der Waals surface area contributed by atoms with Gasteiger partial charge in [0.15, 0.2) is 17.2 Å². The highest BCUT2D eigenvalue weighted by molar-refractivity contribution is 5.92. The minimum atomic E-state index is -2.69. The van der Waals surface area contributed by atoms with Crippen LogP contribution in [0.3, 0.4) is 0 Å². The molecule has 1 saturated heterocycles. The number of alkyl halides is 2. The van der Waals surface area contributed by atoms with Crippen molar-refractivity contribution in [1.82, 2.24) is 15.1 Å². The van der Waals surface area contributed by atoms with Gasteiger partial charge in [-0.25, -0.2) is 8.78 Å². The van der Waals surface area contributed by atoms with Gasteiger partial charge in [-0.05, 0) is 48.6 Å². The van der Waals surface area contributed by atoms with Crippen LogP contribution in [0.5, 0.6) is 11.5 Å². The van der Waals surface area contributed by atoms with E-state index >= 15 is 0 Å². The van der Waals surface area contributed by atoms with Crippen molar-refractivity contribution in [2.75, 3.05) is 33.9 Å². The Hall–Kier alpha value is -2.68. The summed E-state index contributed by atoms with van der Waals surface area (Å²) in [6.07, 6.45) is -0.697. The molecule has 0 atom stereocenters. The molecular weight excluding hydrogens is 384 g/mol. The topological polar surface area (TPSA) is 76.7 Å². The van der Waals surface area contributed by atoms with Crippen LogP contribution in [0, 0.1) is 0 Å². The first-order valence-corrected chi connectivity index (χ1v) is 9.49. The molecule has 0 aliphatic carbocycles. The molecule has 0 unspecified atom stereocenters. The van der Waals surface area contributed by atoms with Gasteiger partial charge < -0.3 is 19.1 Å². The van der Waals surface area contributed by atoms with Crippen molar-refractivity contribution in [1.29, 1.82) is 0 Å². The minimum absolute atomic E-state index is 0.00705. The zero-order valence-corrected chi connectivity index (χ0v) is 16.3. The number of H-pyrrole nitrogens is 1. The first-order chi connectivity index (χ1) is 14.0. The predicted molar refractivity (Wildman–Crippen MR) is 99.6 cm³/mol. The van der Waals surface area contributed by atoms with Gasteiger partial charge in [-0.15, -0.1) is 0 Å². The number of hydrogen-bond acceptors (Lipinski definition) is 5. The summed E-state index contributed by atoms with van der Waals surface area (Å²) in [6, 6.07) is 5.07. The van der Waals surface area contributed by atoms with Crippen LogP contribution < -0.4 is 9.47 Å². The molecule has 1 aromatic heterocycles. The summed E-state index contributed by atoms with van der Waals surface area (Å²) in [7, 11) is 3.21. The highest BCUT2D eigenvalue weighted by Crippen LogP contribution is 2.45. The molecule has 1 aromatic carbocycles. The summed E-state index contributed by atoms with van der Waals surface area (Å²) in [5.74, 6) is 0.973. The Morgan fingerprint density at radius 3 is 2.52 bits per heavy atom. The third-order valence-corrected chi connectivity index (χ3v) is 5.76. The van der Waals surface area contributed by atoms with E-state index < -0.39 is 12.0 Å². The normalized spacial score (nSPS) is 18.0. The molecule has 0 bridgehead atoms. The molecule has 9 heteroatoms. The van der Waals surface area contributed by atoms with Crippen LogP contribution >= 0.6 is 0 Å². The van der Waals surface area contributed by atoms with E-state index in [2.05, 4.69) is 10.2 Å². The van der Waals surface area contributed by atoms with Crippen molar-refractivity contribution in [3.63, 3.8) is 0 Å². The lowest BCUT2D eigenvalue weighted by atomic mass is 9.79. The van der Waals surface area contributed by atoms with E-state index in [1.54, 1.807) is 19.1 Å². The molecular formula is C20H23F2N3O4. The Kier molecular flexibility index (Phi) is 5.16. The largest absolute Gasteiger partial charge is 0.493 e. The van der Waals surface area contributed by atoms with Gasteiger partial charge in [-0.2, -0.15) is 5.10 Å². The lowest BCUT2D eigenvalue weighted by Crippen LogP contribution is -2.48. The van der Waals surface area contributed by atoms with E-state index in [1.807, 2.05) is 12.1 Å². The van der Waals surface area contributed by atoms with Crippen molar-refractivity contribution in [3.8, 4) is 11.5 Å². The molecule has 3 heterocycles. The number of carbonyl (C=O) groups excluding carboxylic acids is 1. The van der Waals surface area contributed by atoms with Crippen molar-refractivity contribution >= 4 is 5.91 Å². The maximum absolute atomic E-state index is 12.7. The van der Waals surface area contributed by atoms with Crippen LogP contribution in [0.4, 0.5) is 8.78 Å². The molecule has 1 amide bonds. The lowest BCUT2D eigenvalue weighted by Gasteiger charge is -2.45. The highest BCUT2D eigenvalue weighted by atomic mass is 19.3. The molecule has 4 rings (SSSR count). The number of benzene rings is 1. The Labute approximate surface area is 166 Å². The van der Waals surface area contributed by atoms with Crippen molar-refractivity contribution in [2.24, 2.45) is 0 Å². The maximum Gasteiger partial charge on any atom is 0.279 e. The smallest absolute Gasteiger partial charge is 0.279 e. The average molecular weight is 407 g/mol. The van der Waals surface area contributed by atoms with E-state index in [1.165, 1.54) is 0 Å². The molecule has 2 aliphatic heterocycles. The van der Waals surface area contributed by atoms with Crippen LogP contribution in [0.1, 0.15) is 46.6 Å². The molecule has 2 aliphatic rings. The van der Waals surface area contributed by atoms with Gasteiger partial charge in [0, 0.05) is 13.1 Å². The predicted octanol–water partition coefficient (Wildman–Crippen LogP) is 3.07. The molecule has 2 aromatic rings. The maximum atomic E-state index is 12.7. The second-order valence-electron chi connectivity index (χ2n) is 7.26. The summed E-state index contributed by atoms with van der Waals surface area (Å²) in [5.41, 5.74) is 1.37. The molecule has 7 nitrogen and oxygen atoms in total. The summed E-state index contributed by atoms with van der Waals surface area (Å²) >= 11 is 0. The third-order valence-electron chi connectivity index (χ3n) is 5.76. The fourth-order valence-corrected chi connectivity index (χ4v) is 4.19. The van der Waals surface area contributed by atoms with Gasteiger partial charge in [0.25, 0.3) is 12.3 Å². The monoisotopic (exact) mass is 407 g/mol. The van der Waals surface area contributed by atoms with Gasteiger partial charge in [0.05, 0.1) is 26.4 Å². The van der Waals surface area contributed by atoms with Crippen molar-refractivity contribution in [2.45, 2.75) is 31.3 Å². The number of rotatable bonds is 4. The van der Waals surface area contributed by atoms with Crippen LogP contribution in [0.15, 0.2) is 18.2 Å². The number of aromatic amines is 1. The van der Waals surface area contributed by atoms with Gasteiger partial charge >= 0.3 is 0 Å². The summed E-state index contributed by atoms with van der Waals surface area (Å²) < 4.78 is 42.6. The number of amides is 1. The van der Waals surface area contributed by atoms with Gasteiger partial charge in [0.1, 0.15) is 5.69 Å². The Bertz CT molecular complexity index is 907. The first-order valence-electron chi connectivity index (χ1n) is 9.49. The van der Waals surface area contributed by atoms with Gasteiger partial charge in [0.2, 0.25) is 0 Å². The van der Waals surface area contributed by atoms with Crippen molar-refractivity contribution < 1.29 is 27.8 Å². The molecule has 0 saturated carbocycles. The summed E-state index contributed by atoms with van der Waals surface area (Å²) in [6.45, 7) is 1.49. The van der Waals surface area contributed by atoms with E-state index in [0.717, 1.165) is 23.6 Å². The number of likely N-dealkylation sites (tertiary alicyclic amines) is 1. The molecule has 29 heavy (non-hydrogen) atoms. The van der Waals surface area contributed by atoms with Crippen molar-refractivity contribution in [3.05, 3.63) is 40.7 Å². The highest BCUT2D eigenvalue weighted by Gasteiger charge is 2.42. The fourth-order valence-electron chi connectivity index (χ4n) is 4.19. The van der Waals surface area contributed by atoms with E-state index in [4.69, 9.17) is 14.2 Å². The Morgan fingerprint density at radius 2 is 1.90 bits per heavy atom. The standard InChI is InChI=1S/C20H23F2N3O4/c1-27-16-9-12-3-8-29-20(13(12)10-17(16)28-2)4-6-25(7-5-20)19(26)15-11-14(18(21)22)23-24-15/h9-11,18H,3-8H2,1-2H3,(H,23,24). The zero-order chi connectivity index (χ0) is 20.6. The SMILES string of the molecule is COc1cc2c(cc1OC)C1(CCN(C(=O)c3cc(C(F)F)[nH]n3)CC1)OCC2. The van der Waals surface area contributed by atoms with E-state index in [9.17, 15) is 13.6 Å². The minimum Gasteiger partial charge on any atom is -0.493 e. The first kappa shape index (κ1) is 19.6. The number of halogens is 2. The number of nitrogens with one attached hydrogen (secondary N) is 1. The van der Waals surface area contributed by atoms with Crippen LogP contribution in [-0.2, 0) is 16.8 Å². The number of hydrogen-bond donors (Lipinski definition) is 1. The second kappa shape index (κ2) is 7.62. The molecule has 1 fully saturated rings. The molecule has 0 radical (unpaired) electrons. The number of methoxy groups -OCH3 is 2. The summed E-state index contributed by atoms with van der Waals surface area (Å²) in [5, 5.41) is 5.96. The van der Waals surface area contributed by atoms with Gasteiger partial charge in [-0.3, -0.25) is 9.89 Å². The summed E-state index contributed by atoms with van der Waals surface area (Å²) in [4.78, 5) is 14.3. The average Bonchev–Trinajstić information content (AvgIpc) is 3.24. The van der Waals surface area contributed by atoms with Crippen LogP contribution in [-0.4, -0.2) is 54.9 Å². The molecule has 1 spiro atoms. The number of ether oxygens (including phenoxy) is 3. The van der Waals surface area contributed by atoms with Gasteiger partial charge in [-0.1, -0.05) is 0 Å². The van der Waals surface area contributed by atoms with E-state index in [-0.39, 0.29) is 17.3 Å². The zero-order valence-electron chi connectivity index (χ0n) is 16.3. The number of nitrogens with zero attached hydrogens (tertiary/aromatic N) is 2. The Morgan fingerprint density at radius 1 is 1.21 bits per heavy atom. The van der Waals surface area contributed by atoms with Crippen LogP contribution in [0.25, 0.3) is 0 Å². The number of piperidine rings is 1. The Balaban J connectivity index is 1.54. The number of fused-ring (bicyclic) bond motifs is 2. The lowest BCUT2D eigenvalue weighted by molar-refractivity contribution is -0.0936. The molecule has 1 N–H and O–H groups in total. The number of carbonyl (C=O) groups is 1. The molecule has 156 valence electrons. The second-order valence-corrected chi connectivity index (χ2v) is 7.26. The number of aromatic nitrogens is 2. The quantitative estimate of drug-likeness (QED) is 0.843.